The Morgan fingerprint density at radius 1 is 0.451 bits per heavy atom. The maximum absolute atomic E-state index is 5.26. The molecule has 1 aromatic heterocycles. The summed E-state index contributed by atoms with van der Waals surface area (Å²) in [6, 6.07) is 59.0. The second-order valence-electron chi connectivity index (χ2n) is 13.4. The highest BCUT2D eigenvalue weighted by atomic mass is 32.1. The van der Waals surface area contributed by atoms with E-state index in [2.05, 4.69) is 169 Å². The van der Waals surface area contributed by atoms with Crippen LogP contribution in [0.25, 0.3) is 75.1 Å². The first-order valence-electron chi connectivity index (χ1n) is 17.3. The number of nitrogens with one attached hydrogen (secondary N) is 1. The number of fused-ring (bicyclic) bond motifs is 8. The van der Waals surface area contributed by atoms with Crippen LogP contribution in [0.15, 0.2) is 174 Å². The third-order valence-electron chi connectivity index (χ3n) is 10.5. The van der Waals surface area contributed by atoms with Crippen molar-refractivity contribution in [3.05, 3.63) is 180 Å². The minimum absolute atomic E-state index is 0.287. The normalized spacial score (nSPS) is 14.9. The van der Waals surface area contributed by atoms with Crippen LogP contribution in [0.1, 0.15) is 22.9 Å². The highest BCUT2D eigenvalue weighted by Gasteiger charge is 2.25. The van der Waals surface area contributed by atoms with Crippen LogP contribution in [0.2, 0.25) is 0 Å². The first-order valence-corrected chi connectivity index (χ1v) is 18.2. The molecule has 0 saturated heterocycles. The van der Waals surface area contributed by atoms with Gasteiger partial charge in [0.1, 0.15) is 12.0 Å². The quantitative estimate of drug-likeness (QED) is 0.199. The Kier molecular flexibility index (Phi) is 6.18. The second-order valence-corrected chi connectivity index (χ2v) is 14.5. The fourth-order valence-corrected chi connectivity index (χ4v) is 9.20. The van der Waals surface area contributed by atoms with Crippen molar-refractivity contribution in [3.8, 4) is 33.4 Å². The predicted octanol–water partition coefficient (Wildman–Crippen LogP) is 12.2. The summed E-state index contributed by atoms with van der Waals surface area (Å²) in [6.45, 7) is 0. The largest absolute Gasteiger partial charge is 0.344 e. The van der Waals surface area contributed by atoms with E-state index in [1.165, 1.54) is 75.1 Å². The molecular formula is C47H29N3S. The molecule has 2 aliphatic rings. The third kappa shape index (κ3) is 4.50. The van der Waals surface area contributed by atoms with Gasteiger partial charge in [-0.05, 0) is 78.7 Å². The first-order chi connectivity index (χ1) is 25.2. The minimum Gasteiger partial charge on any atom is -0.344 e. The van der Waals surface area contributed by atoms with E-state index in [-0.39, 0.29) is 6.17 Å². The molecular weight excluding hydrogens is 639 g/mol. The second kappa shape index (κ2) is 11.1. The number of nitrogens with zero attached hydrogens (tertiary/aromatic N) is 2. The van der Waals surface area contributed by atoms with E-state index in [0.29, 0.717) is 0 Å². The highest BCUT2D eigenvalue weighted by Crippen LogP contribution is 2.51. The van der Waals surface area contributed by atoms with Crippen LogP contribution < -0.4 is 5.32 Å². The fourth-order valence-electron chi connectivity index (χ4n) is 8.00. The van der Waals surface area contributed by atoms with E-state index in [1.54, 1.807) is 0 Å². The van der Waals surface area contributed by atoms with Crippen molar-refractivity contribution in [3.63, 3.8) is 0 Å². The molecule has 51 heavy (non-hydrogen) atoms. The number of aliphatic imine (C=N–C) groups is 2. The summed E-state index contributed by atoms with van der Waals surface area (Å²) in [7, 11) is 0. The average molecular weight is 668 g/mol. The van der Waals surface area contributed by atoms with E-state index in [1.807, 2.05) is 11.3 Å². The summed E-state index contributed by atoms with van der Waals surface area (Å²) >= 11 is 1.86. The molecule has 0 amide bonds. The van der Waals surface area contributed by atoms with Crippen molar-refractivity contribution in [2.24, 2.45) is 9.98 Å². The summed E-state index contributed by atoms with van der Waals surface area (Å²) in [4.78, 5) is 10.5. The number of hydrogen-bond acceptors (Lipinski definition) is 4. The molecule has 1 unspecified atom stereocenters. The number of thiophene rings is 1. The Labute approximate surface area is 298 Å². The molecule has 9 aromatic rings. The lowest BCUT2D eigenvalue weighted by Crippen LogP contribution is -2.33. The van der Waals surface area contributed by atoms with Crippen LogP contribution >= 0.6 is 11.3 Å². The van der Waals surface area contributed by atoms with Crippen LogP contribution in [0.5, 0.6) is 0 Å². The molecule has 11 rings (SSSR count). The zero-order chi connectivity index (χ0) is 33.5. The lowest BCUT2D eigenvalue weighted by atomic mass is 9.98. The van der Waals surface area contributed by atoms with Gasteiger partial charge >= 0.3 is 0 Å². The Bertz CT molecular complexity index is 2930. The van der Waals surface area contributed by atoms with Crippen molar-refractivity contribution in [2.45, 2.75) is 6.17 Å². The van der Waals surface area contributed by atoms with E-state index in [9.17, 15) is 0 Å². The van der Waals surface area contributed by atoms with Gasteiger partial charge < -0.3 is 5.32 Å². The number of amidine groups is 2. The van der Waals surface area contributed by atoms with Crippen molar-refractivity contribution in [1.29, 1.82) is 0 Å². The van der Waals surface area contributed by atoms with Gasteiger partial charge in [0, 0.05) is 31.3 Å². The summed E-state index contributed by atoms with van der Waals surface area (Å²) in [5.41, 5.74) is 10.9. The number of rotatable bonds is 4. The van der Waals surface area contributed by atoms with Gasteiger partial charge in [0.15, 0.2) is 5.84 Å². The summed E-state index contributed by atoms with van der Waals surface area (Å²) in [5, 5.41) is 11.4. The van der Waals surface area contributed by atoms with Gasteiger partial charge in [0.25, 0.3) is 0 Å². The lowest BCUT2D eigenvalue weighted by Gasteiger charge is -2.24. The van der Waals surface area contributed by atoms with Gasteiger partial charge in [-0.25, -0.2) is 9.98 Å². The SMILES string of the molecule is c1ccc(-c2ccc(C3N=C(c4ccc5c(c4)sc4cc6c7c(cccc7c45)-c4ccccc4-6)N=C(c4ccc5ccccc5c4)N3)cc2)cc1. The molecule has 2 heterocycles. The summed E-state index contributed by atoms with van der Waals surface area (Å²) in [6.07, 6.45) is -0.287. The maximum Gasteiger partial charge on any atom is 0.159 e. The molecule has 0 fully saturated rings. The topological polar surface area (TPSA) is 36.8 Å². The Balaban J connectivity index is 1.05. The van der Waals surface area contributed by atoms with Crippen molar-refractivity contribution < 1.29 is 0 Å². The molecule has 1 atom stereocenters. The highest BCUT2D eigenvalue weighted by molar-refractivity contribution is 7.26. The molecule has 1 aliphatic carbocycles. The standard InChI is InChI=1S/C47H29N3S/c1-2-9-28(10-3-1)30-17-20-31(21-18-30)45-48-46(33-22-19-29-11-4-5-12-32(29)25-33)50-47(49-45)34-23-24-38-41(26-34)51-42-27-40-36-14-7-6-13-35(36)37-15-8-16-39(43(37)40)44(38)42/h1-27,45H,(H,48,49,50). The van der Waals surface area contributed by atoms with Gasteiger partial charge in [-0.2, -0.15) is 0 Å². The fraction of sp³-hybridized carbons (Fsp3) is 0.0213. The monoisotopic (exact) mass is 667 g/mol. The van der Waals surface area contributed by atoms with Gasteiger partial charge in [0.2, 0.25) is 0 Å². The number of benzene rings is 8. The molecule has 0 spiro atoms. The van der Waals surface area contributed by atoms with Gasteiger partial charge in [-0.3, -0.25) is 0 Å². The van der Waals surface area contributed by atoms with Crippen LogP contribution in [0, 0.1) is 0 Å². The molecule has 1 N–H and O–H groups in total. The molecule has 238 valence electrons. The Hall–Kier alpha value is -6.36. The molecule has 4 heteroatoms. The van der Waals surface area contributed by atoms with Crippen molar-refractivity contribution in [1.82, 2.24) is 5.32 Å². The summed E-state index contributed by atoms with van der Waals surface area (Å²) in [5.74, 6) is 1.56. The van der Waals surface area contributed by atoms with Crippen molar-refractivity contribution >= 4 is 64.7 Å². The lowest BCUT2D eigenvalue weighted by molar-refractivity contribution is 0.674. The van der Waals surface area contributed by atoms with E-state index >= 15 is 0 Å². The average Bonchev–Trinajstić information content (AvgIpc) is 3.74. The zero-order valence-electron chi connectivity index (χ0n) is 27.5. The van der Waals surface area contributed by atoms with E-state index < -0.39 is 0 Å². The number of hydrogen-bond donors (Lipinski definition) is 1. The summed E-state index contributed by atoms with van der Waals surface area (Å²) < 4.78 is 2.55. The minimum atomic E-state index is -0.287. The first kappa shape index (κ1) is 28.5. The molecule has 0 radical (unpaired) electrons. The van der Waals surface area contributed by atoms with Crippen molar-refractivity contribution in [2.75, 3.05) is 0 Å². The van der Waals surface area contributed by atoms with E-state index in [4.69, 9.17) is 9.98 Å². The predicted molar refractivity (Wildman–Crippen MR) is 216 cm³/mol. The van der Waals surface area contributed by atoms with Crippen LogP contribution in [0.3, 0.4) is 0 Å². The van der Waals surface area contributed by atoms with Crippen LogP contribution in [-0.2, 0) is 0 Å². The van der Waals surface area contributed by atoms with E-state index in [0.717, 1.165) is 28.4 Å². The Morgan fingerprint density at radius 2 is 1.16 bits per heavy atom. The smallest absolute Gasteiger partial charge is 0.159 e. The Morgan fingerprint density at radius 3 is 2.02 bits per heavy atom. The van der Waals surface area contributed by atoms with Crippen LogP contribution in [0.4, 0.5) is 0 Å². The maximum atomic E-state index is 5.26. The zero-order valence-corrected chi connectivity index (χ0v) is 28.3. The molecule has 0 saturated carbocycles. The molecule has 3 nitrogen and oxygen atoms in total. The van der Waals surface area contributed by atoms with Gasteiger partial charge in [-0.15, -0.1) is 11.3 Å². The van der Waals surface area contributed by atoms with Gasteiger partial charge in [0.05, 0.1) is 0 Å². The molecule has 8 aromatic carbocycles. The molecule has 0 bridgehead atoms. The van der Waals surface area contributed by atoms with Gasteiger partial charge in [-0.1, -0.05) is 146 Å². The van der Waals surface area contributed by atoms with Crippen LogP contribution in [-0.4, -0.2) is 11.7 Å². The molecule has 1 aliphatic heterocycles. The third-order valence-corrected chi connectivity index (χ3v) is 11.6.